The van der Waals surface area contributed by atoms with Crippen molar-refractivity contribution >= 4 is 27.7 Å². The SMILES string of the molecule is CCC(N)C(SC(C)CCO)c1ccccc1Br. The summed E-state index contributed by atoms with van der Waals surface area (Å²) in [5.74, 6) is 0. The average Bonchev–Trinajstić information content (AvgIpc) is 2.36. The molecule has 3 N–H and O–H groups in total. The largest absolute Gasteiger partial charge is 0.396 e. The van der Waals surface area contributed by atoms with E-state index in [9.17, 15) is 0 Å². The molecule has 0 aromatic heterocycles. The van der Waals surface area contributed by atoms with Crippen molar-refractivity contribution in [3.8, 4) is 0 Å². The Hall–Kier alpha value is -0.0300. The molecule has 1 aromatic carbocycles. The fraction of sp³-hybridized carbons (Fsp3) is 0.571. The maximum atomic E-state index is 9.02. The third-order valence-electron chi connectivity index (χ3n) is 2.99. The van der Waals surface area contributed by atoms with Gasteiger partial charge in [0.2, 0.25) is 0 Å². The summed E-state index contributed by atoms with van der Waals surface area (Å²) < 4.78 is 1.11. The van der Waals surface area contributed by atoms with Crippen LogP contribution in [0.25, 0.3) is 0 Å². The highest BCUT2D eigenvalue weighted by molar-refractivity contribution is 9.10. The number of rotatable bonds is 7. The normalized spacial score (nSPS) is 16.3. The summed E-state index contributed by atoms with van der Waals surface area (Å²) in [5, 5.41) is 9.69. The van der Waals surface area contributed by atoms with Crippen molar-refractivity contribution in [3.63, 3.8) is 0 Å². The predicted octanol–water partition coefficient (Wildman–Crippen LogP) is 3.73. The minimum atomic E-state index is 0.134. The van der Waals surface area contributed by atoms with Crippen molar-refractivity contribution in [1.29, 1.82) is 0 Å². The molecular formula is C14H22BrNOS. The number of hydrogen-bond donors (Lipinski definition) is 2. The van der Waals surface area contributed by atoms with Crippen LogP contribution < -0.4 is 5.73 Å². The number of benzene rings is 1. The lowest BCUT2D eigenvalue weighted by Crippen LogP contribution is -2.27. The van der Waals surface area contributed by atoms with Crippen molar-refractivity contribution in [2.45, 2.75) is 43.2 Å². The van der Waals surface area contributed by atoms with Gasteiger partial charge in [0.25, 0.3) is 0 Å². The molecule has 2 nitrogen and oxygen atoms in total. The zero-order valence-electron chi connectivity index (χ0n) is 11.0. The molecule has 0 aliphatic heterocycles. The van der Waals surface area contributed by atoms with E-state index >= 15 is 0 Å². The molecule has 0 heterocycles. The number of hydrogen-bond acceptors (Lipinski definition) is 3. The lowest BCUT2D eigenvalue weighted by Gasteiger charge is -2.26. The van der Waals surface area contributed by atoms with Crippen LogP contribution in [-0.4, -0.2) is 23.0 Å². The highest BCUT2D eigenvalue weighted by Crippen LogP contribution is 2.39. The van der Waals surface area contributed by atoms with Gasteiger partial charge in [0, 0.05) is 27.6 Å². The number of nitrogens with two attached hydrogens (primary N) is 1. The standard InChI is InChI=1S/C14H22BrNOS/c1-3-13(16)14(18-10(2)8-9-17)11-6-4-5-7-12(11)15/h4-7,10,13-14,17H,3,8-9,16H2,1-2H3. The number of aliphatic hydroxyl groups is 1. The molecule has 0 fully saturated rings. The van der Waals surface area contributed by atoms with E-state index in [1.54, 1.807) is 0 Å². The zero-order valence-corrected chi connectivity index (χ0v) is 13.4. The van der Waals surface area contributed by atoms with Crippen LogP contribution in [0.2, 0.25) is 0 Å². The van der Waals surface area contributed by atoms with Crippen molar-refractivity contribution < 1.29 is 5.11 Å². The number of aliphatic hydroxyl groups excluding tert-OH is 1. The average molecular weight is 332 g/mol. The molecule has 0 bridgehead atoms. The van der Waals surface area contributed by atoms with Crippen LogP contribution in [0.15, 0.2) is 28.7 Å². The van der Waals surface area contributed by atoms with Crippen molar-refractivity contribution in [2.24, 2.45) is 5.73 Å². The first kappa shape index (κ1) is 16.0. The molecule has 1 aromatic rings. The summed E-state index contributed by atoms with van der Waals surface area (Å²) in [6.45, 7) is 4.50. The maximum absolute atomic E-state index is 9.02. The third kappa shape index (κ3) is 4.57. The minimum absolute atomic E-state index is 0.134. The summed E-state index contributed by atoms with van der Waals surface area (Å²) in [5.41, 5.74) is 7.51. The molecule has 1 rings (SSSR count). The topological polar surface area (TPSA) is 46.2 Å². The summed E-state index contributed by atoms with van der Waals surface area (Å²) >= 11 is 5.46. The Labute approximate surface area is 122 Å². The van der Waals surface area contributed by atoms with Crippen LogP contribution in [0.4, 0.5) is 0 Å². The summed E-state index contributed by atoms with van der Waals surface area (Å²) in [6.07, 6.45) is 1.76. The third-order valence-corrected chi connectivity index (χ3v) is 5.31. The Morgan fingerprint density at radius 1 is 1.39 bits per heavy atom. The summed E-state index contributed by atoms with van der Waals surface area (Å²) in [6, 6.07) is 8.39. The lowest BCUT2D eigenvalue weighted by atomic mass is 10.0. The highest BCUT2D eigenvalue weighted by Gasteiger charge is 2.23. The van der Waals surface area contributed by atoms with E-state index in [4.69, 9.17) is 10.8 Å². The van der Waals surface area contributed by atoms with Crippen molar-refractivity contribution in [1.82, 2.24) is 0 Å². The first-order valence-corrected chi connectivity index (χ1v) is 8.10. The van der Waals surface area contributed by atoms with E-state index in [1.807, 2.05) is 23.9 Å². The Kier molecular flexibility index (Phi) is 7.30. The van der Waals surface area contributed by atoms with Crippen LogP contribution in [-0.2, 0) is 0 Å². The van der Waals surface area contributed by atoms with Gasteiger partial charge in [0.1, 0.15) is 0 Å². The van der Waals surface area contributed by atoms with E-state index in [-0.39, 0.29) is 17.9 Å². The van der Waals surface area contributed by atoms with Crippen LogP contribution >= 0.6 is 27.7 Å². The summed E-state index contributed by atoms with van der Waals surface area (Å²) in [4.78, 5) is 0. The predicted molar refractivity (Wildman–Crippen MR) is 83.9 cm³/mol. The van der Waals surface area contributed by atoms with E-state index in [0.29, 0.717) is 5.25 Å². The Morgan fingerprint density at radius 3 is 2.61 bits per heavy atom. The molecule has 0 amide bonds. The monoisotopic (exact) mass is 331 g/mol. The molecule has 102 valence electrons. The molecule has 3 atom stereocenters. The van der Waals surface area contributed by atoms with Gasteiger partial charge in [0.15, 0.2) is 0 Å². The van der Waals surface area contributed by atoms with Crippen molar-refractivity contribution in [3.05, 3.63) is 34.3 Å². The minimum Gasteiger partial charge on any atom is -0.396 e. The van der Waals surface area contributed by atoms with Crippen LogP contribution in [0.3, 0.4) is 0 Å². The molecule has 0 aliphatic carbocycles. The van der Waals surface area contributed by atoms with Gasteiger partial charge in [-0.15, -0.1) is 11.8 Å². The quantitative estimate of drug-likeness (QED) is 0.800. The number of thioether (sulfide) groups is 1. The van der Waals surface area contributed by atoms with Gasteiger partial charge in [-0.1, -0.05) is 48.0 Å². The molecule has 0 saturated heterocycles. The Bertz CT molecular complexity index is 361. The van der Waals surface area contributed by atoms with Crippen LogP contribution in [0.1, 0.15) is 37.5 Å². The van der Waals surface area contributed by atoms with Gasteiger partial charge in [-0.25, -0.2) is 0 Å². The van der Waals surface area contributed by atoms with E-state index in [1.165, 1.54) is 5.56 Å². The van der Waals surface area contributed by atoms with Crippen LogP contribution in [0, 0.1) is 0 Å². The van der Waals surface area contributed by atoms with E-state index < -0.39 is 0 Å². The smallest absolute Gasteiger partial charge is 0.0462 e. The lowest BCUT2D eigenvalue weighted by molar-refractivity contribution is 0.288. The second kappa shape index (κ2) is 8.20. The first-order valence-electron chi connectivity index (χ1n) is 6.36. The molecular weight excluding hydrogens is 310 g/mol. The van der Waals surface area contributed by atoms with Gasteiger partial charge < -0.3 is 10.8 Å². The van der Waals surface area contributed by atoms with E-state index in [2.05, 4.69) is 41.9 Å². The maximum Gasteiger partial charge on any atom is 0.0462 e. The highest BCUT2D eigenvalue weighted by atomic mass is 79.9. The molecule has 18 heavy (non-hydrogen) atoms. The fourth-order valence-electron chi connectivity index (χ4n) is 1.82. The molecule has 3 unspecified atom stereocenters. The van der Waals surface area contributed by atoms with Gasteiger partial charge in [-0.2, -0.15) is 0 Å². The van der Waals surface area contributed by atoms with Crippen LogP contribution in [0.5, 0.6) is 0 Å². The Balaban J connectivity index is 2.88. The first-order chi connectivity index (χ1) is 8.60. The molecule has 0 spiro atoms. The second-order valence-corrected chi connectivity index (χ2v) is 6.91. The summed E-state index contributed by atoms with van der Waals surface area (Å²) in [7, 11) is 0. The molecule has 0 radical (unpaired) electrons. The van der Waals surface area contributed by atoms with Gasteiger partial charge >= 0.3 is 0 Å². The van der Waals surface area contributed by atoms with Gasteiger partial charge in [-0.05, 0) is 24.5 Å². The number of halogens is 1. The molecule has 0 aliphatic rings. The van der Waals surface area contributed by atoms with Gasteiger partial charge in [0.05, 0.1) is 0 Å². The van der Waals surface area contributed by atoms with E-state index in [0.717, 1.165) is 17.3 Å². The zero-order chi connectivity index (χ0) is 13.5. The molecule has 0 saturated carbocycles. The molecule has 4 heteroatoms. The Morgan fingerprint density at radius 2 is 2.06 bits per heavy atom. The fourth-order valence-corrected chi connectivity index (χ4v) is 4.00. The van der Waals surface area contributed by atoms with Gasteiger partial charge in [-0.3, -0.25) is 0 Å². The second-order valence-electron chi connectivity index (χ2n) is 4.47. The van der Waals surface area contributed by atoms with Crippen molar-refractivity contribution in [2.75, 3.05) is 6.61 Å².